The third-order valence-electron chi connectivity index (χ3n) is 2.45. The molecule has 0 heterocycles. The summed E-state index contributed by atoms with van der Waals surface area (Å²) in [4.78, 5) is 0. The average molecular weight is 229 g/mol. The van der Waals surface area contributed by atoms with E-state index in [1.807, 2.05) is 13.8 Å². The molecule has 0 radical (unpaired) electrons. The van der Waals surface area contributed by atoms with Crippen LogP contribution < -0.4 is 5.32 Å². The summed E-state index contributed by atoms with van der Waals surface area (Å²) in [6.45, 7) is 4.32. The van der Waals surface area contributed by atoms with Gasteiger partial charge < -0.3 is 10.1 Å². The Morgan fingerprint density at radius 3 is 2.25 bits per heavy atom. The van der Waals surface area contributed by atoms with Crippen LogP contribution in [0.5, 0.6) is 0 Å². The number of nitrogens with one attached hydrogen (secondary N) is 1. The minimum Gasteiger partial charge on any atom is -0.377 e. The highest BCUT2D eigenvalue weighted by Crippen LogP contribution is 2.21. The number of halogens is 2. The number of likely N-dealkylation sites (N-methyl/N-ethyl adjacent to an activating group) is 1. The third-order valence-corrected chi connectivity index (χ3v) is 2.45. The van der Waals surface area contributed by atoms with Crippen LogP contribution in [-0.2, 0) is 4.74 Å². The Morgan fingerprint density at radius 2 is 1.81 bits per heavy atom. The predicted molar refractivity (Wildman–Crippen MR) is 59.2 cm³/mol. The Hall–Kier alpha value is -1.00. The van der Waals surface area contributed by atoms with E-state index in [1.54, 1.807) is 7.05 Å². The van der Waals surface area contributed by atoms with Crippen molar-refractivity contribution in [3.05, 3.63) is 35.4 Å². The second kappa shape index (κ2) is 5.92. The van der Waals surface area contributed by atoms with Crippen LogP contribution in [0.2, 0.25) is 0 Å². The zero-order valence-electron chi connectivity index (χ0n) is 9.76. The van der Waals surface area contributed by atoms with E-state index in [0.717, 1.165) is 6.07 Å². The number of hydrogen-bond donors (Lipinski definition) is 1. The van der Waals surface area contributed by atoms with Crippen LogP contribution in [0.1, 0.15) is 25.5 Å². The molecule has 0 saturated carbocycles. The van der Waals surface area contributed by atoms with Gasteiger partial charge >= 0.3 is 0 Å². The molecule has 0 saturated heterocycles. The van der Waals surface area contributed by atoms with Crippen LogP contribution in [0.15, 0.2) is 18.2 Å². The molecule has 0 fully saturated rings. The van der Waals surface area contributed by atoms with Gasteiger partial charge in [-0.05, 0) is 38.6 Å². The first kappa shape index (κ1) is 13.1. The molecule has 0 spiro atoms. The van der Waals surface area contributed by atoms with Crippen molar-refractivity contribution in [3.63, 3.8) is 0 Å². The maximum absolute atomic E-state index is 13.1. The van der Waals surface area contributed by atoms with Crippen molar-refractivity contribution in [2.45, 2.75) is 26.0 Å². The van der Waals surface area contributed by atoms with E-state index in [2.05, 4.69) is 5.32 Å². The maximum atomic E-state index is 13.1. The first-order chi connectivity index (χ1) is 7.58. The normalized spacial score (nSPS) is 14.8. The van der Waals surface area contributed by atoms with Gasteiger partial charge in [0.15, 0.2) is 0 Å². The fourth-order valence-electron chi connectivity index (χ4n) is 1.79. The molecule has 1 N–H and O–H groups in total. The fourth-order valence-corrected chi connectivity index (χ4v) is 1.79. The lowest BCUT2D eigenvalue weighted by atomic mass is 10.0. The summed E-state index contributed by atoms with van der Waals surface area (Å²) >= 11 is 0. The van der Waals surface area contributed by atoms with Crippen molar-refractivity contribution in [2.75, 3.05) is 13.7 Å². The number of hydrogen-bond acceptors (Lipinski definition) is 2. The molecule has 2 unspecified atom stereocenters. The van der Waals surface area contributed by atoms with E-state index in [4.69, 9.17) is 4.74 Å². The lowest BCUT2D eigenvalue weighted by Gasteiger charge is -2.23. The highest BCUT2D eigenvalue weighted by Gasteiger charge is 2.19. The summed E-state index contributed by atoms with van der Waals surface area (Å²) in [7, 11) is 1.74. The van der Waals surface area contributed by atoms with Gasteiger partial charge in [0.25, 0.3) is 0 Å². The van der Waals surface area contributed by atoms with Gasteiger partial charge in [-0.2, -0.15) is 0 Å². The Bertz CT molecular complexity index is 324. The Labute approximate surface area is 94.6 Å². The zero-order valence-corrected chi connectivity index (χ0v) is 9.76. The van der Waals surface area contributed by atoms with Gasteiger partial charge in [-0.1, -0.05) is 0 Å². The van der Waals surface area contributed by atoms with E-state index < -0.39 is 11.6 Å². The second-order valence-corrected chi connectivity index (χ2v) is 3.63. The van der Waals surface area contributed by atoms with Crippen LogP contribution in [-0.4, -0.2) is 19.8 Å². The summed E-state index contributed by atoms with van der Waals surface area (Å²) in [6.07, 6.45) is -0.142. The lowest BCUT2D eigenvalue weighted by Crippen LogP contribution is -2.29. The summed E-state index contributed by atoms with van der Waals surface area (Å²) in [5.74, 6) is -1.14. The van der Waals surface area contributed by atoms with E-state index in [0.29, 0.717) is 12.2 Å². The molecule has 0 aliphatic rings. The van der Waals surface area contributed by atoms with Crippen LogP contribution in [0.25, 0.3) is 0 Å². The van der Waals surface area contributed by atoms with Crippen molar-refractivity contribution in [2.24, 2.45) is 0 Å². The topological polar surface area (TPSA) is 21.3 Å². The first-order valence-corrected chi connectivity index (χ1v) is 5.33. The summed E-state index contributed by atoms with van der Waals surface area (Å²) < 4.78 is 31.6. The molecular formula is C12H17F2NO. The minimum atomic E-state index is -0.570. The third kappa shape index (κ3) is 3.25. The summed E-state index contributed by atoms with van der Waals surface area (Å²) in [5, 5.41) is 3.00. The second-order valence-electron chi connectivity index (χ2n) is 3.63. The van der Waals surface area contributed by atoms with Gasteiger partial charge in [-0.15, -0.1) is 0 Å². The number of rotatable bonds is 5. The van der Waals surface area contributed by atoms with Crippen molar-refractivity contribution in [1.29, 1.82) is 0 Å². The van der Waals surface area contributed by atoms with Crippen LogP contribution in [0.3, 0.4) is 0 Å². The smallest absolute Gasteiger partial charge is 0.126 e. The number of ether oxygens (including phenoxy) is 1. The molecule has 0 bridgehead atoms. The Balaban J connectivity index is 2.94. The highest BCUT2D eigenvalue weighted by molar-refractivity contribution is 5.22. The molecule has 1 aromatic rings. The molecule has 4 heteroatoms. The molecule has 2 atom stereocenters. The molecule has 16 heavy (non-hydrogen) atoms. The van der Waals surface area contributed by atoms with Crippen molar-refractivity contribution < 1.29 is 13.5 Å². The Morgan fingerprint density at radius 1 is 1.25 bits per heavy atom. The van der Waals surface area contributed by atoms with Crippen molar-refractivity contribution in [1.82, 2.24) is 5.32 Å². The highest BCUT2D eigenvalue weighted by atomic mass is 19.1. The van der Waals surface area contributed by atoms with Gasteiger partial charge in [0.2, 0.25) is 0 Å². The summed E-state index contributed by atoms with van der Waals surface area (Å²) in [6, 6.07) is 3.28. The van der Waals surface area contributed by atoms with Crippen LogP contribution in [0.4, 0.5) is 8.78 Å². The zero-order chi connectivity index (χ0) is 12.1. The first-order valence-electron chi connectivity index (χ1n) is 5.33. The molecular weight excluding hydrogens is 212 g/mol. The van der Waals surface area contributed by atoms with Gasteiger partial charge in [0.05, 0.1) is 12.1 Å². The SMILES string of the molecule is CCOC(C)C(NC)c1cc(F)cc(F)c1. The van der Waals surface area contributed by atoms with Gasteiger partial charge in [0.1, 0.15) is 11.6 Å². The van der Waals surface area contributed by atoms with E-state index in [9.17, 15) is 8.78 Å². The van der Waals surface area contributed by atoms with Gasteiger partial charge in [0, 0.05) is 12.7 Å². The quantitative estimate of drug-likeness (QED) is 0.838. The van der Waals surface area contributed by atoms with Crippen LogP contribution in [0, 0.1) is 11.6 Å². The van der Waals surface area contributed by atoms with E-state index in [1.165, 1.54) is 12.1 Å². The molecule has 0 amide bonds. The molecule has 1 rings (SSSR count). The molecule has 0 aliphatic heterocycles. The van der Waals surface area contributed by atoms with Crippen molar-refractivity contribution in [3.8, 4) is 0 Å². The summed E-state index contributed by atoms with van der Waals surface area (Å²) in [5.41, 5.74) is 0.556. The lowest BCUT2D eigenvalue weighted by molar-refractivity contribution is 0.0492. The fraction of sp³-hybridized carbons (Fsp3) is 0.500. The van der Waals surface area contributed by atoms with Gasteiger partial charge in [-0.3, -0.25) is 0 Å². The van der Waals surface area contributed by atoms with Gasteiger partial charge in [-0.25, -0.2) is 8.78 Å². The molecule has 0 aromatic heterocycles. The molecule has 1 aromatic carbocycles. The molecule has 2 nitrogen and oxygen atoms in total. The van der Waals surface area contributed by atoms with Crippen LogP contribution >= 0.6 is 0 Å². The van der Waals surface area contributed by atoms with E-state index >= 15 is 0 Å². The monoisotopic (exact) mass is 229 g/mol. The van der Waals surface area contributed by atoms with E-state index in [-0.39, 0.29) is 12.1 Å². The number of benzene rings is 1. The standard InChI is InChI=1S/C12H17F2NO/c1-4-16-8(2)12(15-3)9-5-10(13)7-11(14)6-9/h5-8,12,15H,4H2,1-3H3. The van der Waals surface area contributed by atoms with Crippen molar-refractivity contribution >= 4 is 0 Å². The Kier molecular flexibility index (Phi) is 4.83. The molecule has 0 aliphatic carbocycles. The molecule has 90 valence electrons. The predicted octanol–water partition coefficient (Wildman–Crippen LogP) is 2.65. The average Bonchev–Trinajstić information content (AvgIpc) is 2.17. The minimum absolute atomic E-state index is 0.142. The maximum Gasteiger partial charge on any atom is 0.126 e. The largest absolute Gasteiger partial charge is 0.377 e.